The third kappa shape index (κ3) is 7.13. The number of hydrogen-bond acceptors (Lipinski definition) is 2. The van der Waals surface area contributed by atoms with Gasteiger partial charge in [-0.05, 0) is 30.7 Å². The number of nitrogens with one attached hydrogen (secondary N) is 1. The molecular formula is C20H34IN3O. The minimum absolute atomic E-state index is 0. The summed E-state index contributed by atoms with van der Waals surface area (Å²) in [5.41, 5.74) is 1.41. The molecule has 142 valence electrons. The summed E-state index contributed by atoms with van der Waals surface area (Å²) < 4.78 is 5.44. The quantitative estimate of drug-likeness (QED) is 0.398. The van der Waals surface area contributed by atoms with Gasteiger partial charge in [-0.2, -0.15) is 0 Å². The fraction of sp³-hybridized carbons (Fsp3) is 0.650. The molecule has 1 aliphatic heterocycles. The predicted octanol–water partition coefficient (Wildman–Crippen LogP) is 3.91. The van der Waals surface area contributed by atoms with Crippen LogP contribution in [0.5, 0.6) is 0 Å². The molecule has 1 saturated heterocycles. The zero-order chi connectivity index (χ0) is 17.4. The smallest absolute Gasteiger partial charge is 0.193 e. The summed E-state index contributed by atoms with van der Waals surface area (Å²) in [4.78, 5) is 6.70. The van der Waals surface area contributed by atoms with Crippen molar-refractivity contribution in [3.05, 3.63) is 35.9 Å². The molecule has 0 spiro atoms. The lowest BCUT2D eigenvalue weighted by Crippen LogP contribution is -2.44. The molecule has 0 saturated carbocycles. The monoisotopic (exact) mass is 459 g/mol. The number of nitrogens with zero attached hydrogens (tertiary/aromatic N) is 2. The topological polar surface area (TPSA) is 36.9 Å². The molecule has 0 aromatic heterocycles. The van der Waals surface area contributed by atoms with Crippen molar-refractivity contribution >= 4 is 29.9 Å². The Morgan fingerprint density at radius 1 is 1.24 bits per heavy atom. The zero-order valence-electron chi connectivity index (χ0n) is 16.1. The molecule has 1 aliphatic rings. The first kappa shape index (κ1) is 22.2. The Morgan fingerprint density at radius 2 is 1.88 bits per heavy atom. The minimum atomic E-state index is 0. The molecule has 1 fully saturated rings. The van der Waals surface area contributed by atoms with Gasteiger partial charge in [-0.1, -0.05) is 44.2 Å². The number of ether oxygens (including phenoxy) is 1. The fourth-order valence-electron chi connectivity index (χ4n) is 3.19. The Labute approximate surface area is 170 Å². The van der Waals surface area contributed by atoms with Crippen LogP contribution in [-0.2, 0) is 10.2 Å². The Balaban J connectivity index is 0.00000312. The van der Waals surface area contributed by atoms with E-state index < -0.39 is 0 Å². The van der Waals surface area contributed by atoms with Gasteiger partial charge in [0.2, 0.25) is 0 Å². The number of rotatable bonds is 6. The van der Waals surface area contributed by atoms with Gasteiger partial charge >= 0.3 is 0 Å². The summed E-state index contributed by atoms with van der Waals surface area (Å²) >= 11 is 0. The van der Waals surface area contributed by atoms with E-state index >= 15 is 0 Å². The second-order valence-electron chi connectivity index (χ2n) is 7.42. The van der Waals surface area contributed by atoms with Crippen molar-refractivity contribution in [1.82, 2.24) is 10.2 Å². The summed E-state index contributed by atoms with van der Waals surface area (Å²) in [5, 5.41) is 3.55. The van der Waals surface area contributed by atoms with Gasteiger partial charge in [0.15, 0.2) is 5.96 Å². The second kappa shape index (κ2) is 11.0. The van der Waals surface area contributed by atoms with Crippen LogP contribution in [0.25, 0.3) is 0 Å². The SMILES string of the molecule is CN=C(NCC(C)(C)c1ccccc1)N(C)CCC1CCOCC1.I. The van der Waals surface area contributed by atoms with Crippen molar-refractivity contribution in [1.29, 1.82) is 0 Å². The molecule has 0 aliphatic carbocycles. The van der Waals surface area contributed by atoms with Crippen LogP contribution in [0.15, 0.2) is 35.3 Å². The van der Waals surface area contributed by atoms with Crippen LogP contribution in [0.1, 0.15) is 38.7 Å². The summed E-state index contributed by atoms with van der Waals surface area (Å²) in [6.07, 6.45) is 3.60. The molecule has 5 heteroatoms. The van der Waals surface area contributed by atoms with Crippen LogP contribution in [-0.4, -0.2) is 51.3 Å². The first-order chi connectivity index (χ1) is 11.5. The van der Waals surface area contributed by atoms with Crippen molar-refractivity contribution in [3.63, 3.8) is 0 Å². The van der Waals surface area contributed by atoms with E-state index in [4.69, 9.17) is 4.74 Å². The summed E-state index contributed by atoms with van der Waals surface area (Å²) in [5.74, 6) is 1.77. The molecule has 0 atom stereocenters. The maximum atomic E-state index is 5.44. The van der Waals surface area contributed by atoms with E-state index in [-0.39, 0.29) is 29.4 Å². The first-order valence-electron chi connectivity index (χ1n) is 9.08. The van der Waals surface area contributed by atoms with E-state index in [9.17, 15) is 0 Å². The van der Waals surface area contributed by atoms with Crippen molar-refractivity contribution in [2.75, 3.05) is 40.4 Å². The Kier molecular flexibility index (Phi) is 9.79. The van der Waals surface area contributed by atoms with Gasteiger partial charge in [0.1, 0.15) is 0 Å². The predicted molar refractivity (Wildman–Crippen MR) is 117 cm³/mol. The van der Waals surface area contributed by atoms with Gasteiger partial charge in [0, 0.05) is 45.8 Å². The summed E-state index contributed by atoms with van der Waals surface area (Å²) in [6.45, 7) is 8.29. The van der Waals surface area contributed by atoms with Crippen molar-refractivity contribution in [2.45, 2.75) is 38.5 Å². The van der Waals surface area contributed by atoms with Crippen LogP contribution in [0.2, 0.25) is 0 Å². The number of halogens is 1. The van der Waals surface area contributed by atoms with Crippen molar-refractivity contribution in [3.8, 4) is 0 Å². The normalized spacial score (nSPS) is 16.2. The lowest BCUT2D eigenvalue weighted by atomic mass is 9.85. The number of guanidine groups is 1. The molecule has 2 rings (SSSR count). The molecule has 0 unspecified atom stereocenters. The molecule has 1 heterocycles. The van der Waals surface area contributed by atoms with E-state index in [0.29, 0.717) is 0 Å². The molecule has 0 bridgehead atoms. The van der Waals surface area contributed by atoms with Crippen molar-refractivity contribution in [2.24, 2.45) is 10.9 Å². The van der Waals surface area contributed by atoms with Crippen LogP contribution in [0.3, 0.4) is 0 Å². The molecule has 1 N–H and O–H groups in total. The second-order valence-corrected chi connectivity index (χ2v) is 7.42. The number of aliphatic imine (C=N–C) groups is 1. The molecule has 4 nitrogen and oxygen atoms in total. The van der Waals surface area contributed by atoms with Gasteiger partial charge in [-0.3, -0.25) is 4.99 Å². The van der Waals surface area contributed by atoms with Gasteiger partial charge in [0.05, 0.1) is 0 Å². The highest BCUT2D eigenvalue weighted by Crippen LogP contribution is 2.22. The number of hydrogen-bond donors (Lipinski definition) is 1. The molecule has 25 heavy (non-hydrogen) atoms. The summed E-state index contributed by atoms with van der Waals surface area (Å²) in [6, 6.07) is 10.7. The fourth-order valence-corrected chi connectivity index (χ4v) is 3.19. The van der Waals surface area contributed by atoms with Crippen LogP contribution in [0.4, 0.5) is 0 Å². The van der Waals surface area contributed by atoms with Gasteiger partial charge in [-0.25, -0.2) is 0 Å². The first-order valence-corrected chi connectivity index (χ1v) is 9.08. The highest BCUT2D eigenvalue weighted by atomic mass is 127. The van der Waals surface area contributed by atoms with Crippen LogP contribution in [0, 0.1) is 5.92 Å². The van der Waals surface area contributed by atoms with Gasteiger partial charge in [0.25, 0.3) is 0 Å². The average molecular weight is 459 g/mol. The van der Waals surface area contributed by atoms with Gasteiger partial charge in [-0.15, -0.1) is 24.0 Å². The molecular weight excluding hydrogens is 425 g/mol. The van der Waals surface area contributed by atoms with Crippen LogP contribution < -0.4 is 5.32 Å². The van der Waals surface area contributed by atoms with E-state index in [1.54, 1.807) is 0 Å². The third-order valence-electron chi connectivity index (χ3n) is 5.03. The third-order valence-corrected chi connectivity index (χ3v) is 5.03. The minimum Gasteiger partial charge on any atom is -0.381 e. The maximum absolute atomic E-state index is 5.44. The summed E-state index contributed by atoms with van der Waals surface area (Å²) in [7, 11) is 3.99. The Hall–Kier alpha value is -0.820. The Bertz CT molecular complexity index is 513. The maximum Gasteiger partial charge on any atom is 0.193 e. The molecule has 1 aromatic rings. The lowest BCUT2D eigenvalue weighted by Gasteiger charge is -2.30. The van der Waals surface area contributed by atoms with Gasteiger partial charge < -0.3 is 15.0 Å². The van der Waals surface area contributed by atoms with E-state index in [1.165, 1.54) is 24.8 Å². The van der Waals surface area contributed by atoms with Crippen LogP contribution >= 0.6 is 24.0 Å². The van der Waals surface area contributed by atoms with E-state index in [0.717, 1.165) is 38.2 Å². The largest absolute Gasteiger partial charge is 0.381 e. The standard InChI is InChI=1S/C20H33N3O.HI/c1-20(2,18-8-6-5-7-9-18)16-22-19(21-3)23(4)13-10-17-11-14-24-15-12-17;/h5-9,17H,10-16H2,1-4H3,(H,21,22);1H. The average Bonchev–Trinajstić information content (AvgIpc) is 2.62. The molecule has 0 radical (unpaired) electrons. The lowest BCUT2D eigenvalue weighted by molar-refractivity contribution is 0.0625. The molecule has 0 amide bonds. The Morgan fingerprint density at radius 3 is 2.48 bits per heavy atom. The van der Waals surface area contributed by atoms with E-state index in [1.807, 2.05) is 7.05 Å². The van der Waals surface area contributed by atoms with E-state index in [2.05, 4.69) is 66.4 Å². The zero-order valence-corrected chi connectivity index (χ0v) is 18.5. The highest BCUT2D eigenvalue weighted by Gasteiger charge is 2.21. The molecule has 1 aromatic carbocycles. The number of benzene rings is 1. The van der Waals surface area contributed by atoms with Crippen molar-refractivity contribution < 1.29 is 4.74 Å². The highest BCUT2D eigenvalue weighted by molar-refractivity contribution is 14.0.